The monoisotopic (exact) mass is 341 g/mol. The number of nitrogens with one attached hydrogen (secondary N) is 1. The number of carbonyl (C=O) groups is 1. The SMILES string of the molecule is O=C(Nc1nnc(-c2ccc(F)cc2)o1)[C@H]1COc2ccccc2O1. The zero-order valence-corrected chi connectivity index (χ0v) is 12.8. The topological polar surface area (TPSA) is 86.5 Å². The van der Waals surface area contributed by atoms with Crippen LogP contribution in [-0.4, -0.2) is 28.8 Å². The van der Waals surface area contributed by atoms with Gasteiger partial charge in [-0.1, -0.05) is 17.2 Å². The largest absolute Gasteiger partial charge is 0.485 e. The molecule has 4 rings (SSSR count). The van der Waals surface area contributed by atoms with Crippen molar-refractivity contribution in [2.45, 2.75) is 6.10 Å². The van der Waals surface area contributed by atoms with Crippen molar-refractivity contribution >= 4 is 11.9 Å². The van der Waals surface area contributed by atoms with Crippen LogP contribution in [0.25, 0.3) is 11.5 Å². The Morgan fingerprint density at radius 1 is 1.08 bits per heavy atom. The molecule has 0 saturated carbocycles. The van der Waals surface area contributed by atoms with Gasteiger partial charge in [0.15, 0.2) is 11.5 Å². The van der Waals surface area contributed by atoms with E-state index in [0.29, 0.717) is 17.1 Å². The van der Waals surface area contributed by atoms with Gasteiger partial charge in [-0.05, 0) is 36.4 Å². The molecule has 7 nitrogen and oxygen atoms in total. The van der Waals surface area contributed by atoms with E-state index in [1.165, 1.54) is 24.3 Å². The van der Waals surface area contributed by atoms with E-state index in [-0.39, 0.29) is 24.3 Å². The fourth-order valence-electron chi connectivity index (χ4n) is 2.32. The van der Waals surface area contributed by atoms with Crippen LogP contribution in [0.1, 0.15) is 0 Å². The van der Waals surface area contributed by atoms with Crippen molar-refractivity contribution in [1.29, 1.82) is 0 Å². The molecule has 1 atom stereocenters. The first-order valence-corrected chi connectivity index (χ1v) is 7.48. The van der Waals surface area contributed by atoms with Crippen molar-refractivity contribution in [3.05, 3.63) is 54.3 Å². The molecule has 1 N–H and O–H groups in total. The Morgan fingerprint density at radius 2 is 1.84 bits per heavy atom. The Kier molecular flexibility index (Phi) is 3.77. The van der Waals surface area contributed by atoms with Gasteiger partial charge < -0.3 is 13.9 Å². The number of hydrogen-bond donors (Lipinski definition) is 1. The second-order valence-electron chi connectivity index (χ2n) is 5.27. The third-order valence-corrected chi connectivity index (χ3v) is 3.55. The first-order valence-electron chi connectivity index (χ1n) is 7.48. The molecule has 1 amide bonds. The van der Waals surface area contributed by atoms with E-state index in [4.69, 9.17) is 13.9 Å². The van der Waals surface area contributed by atoms with Gasteiger partial charge in [-0.15, -0.1) is 5.10 Å². The quantitative estimate of drug-likeness (QED) is 0.788. The second kappa shape index (κ2) is 6.23. The number of ether oxygens (including phenoxy) is 2. The highest BCUT2D eigenvalue weighted by Gasteiger charge is 2.28. The Labute approximate surface area is 141 Å². The molecule has 1 aliphatic heterocycles. The minimum atomic E-state index is -0.837. The third kappa shape index (κ3) is 3.14. The maximum atomic E-state index is 12.9. The average molecular weight is 341 g/mol. The van der Waals surface area contributed by atoms with E-state index in [1.54, 1.807) is 18.2 Å². The summed E-state index contributed by atoms with van der Waals surface area (Å²) in [4.78, 5) is 12.3. The predicted molar refractivity (Wildman–Crippen MR) is 84.7 cm³/mol. The lowest BCUT2D eigenvalue weighted by atomic mass is 10.2. The number of rotatable bonds is 3. The lowest BCUT2D eigenvalue weighted by Gasteiger charge is -2.24. The zero-order valence-electron chi connectivity index (χ0n) is 12.8. The number of hydrogen-bond acceptors (Lipinski definition) is 6. The molecule has 2 heterocycles. The van der Waals surface area contributed by atoms with Gasteiger partial charge in [0.2, 0.25) is 12.0 Å². The van der Waals surface area contributed by atoms with E-state index in [2.05, 4.69) is 15.5 Å². The summed E-state index contributed by atoms with van der Waals surface area (Å²) in [6.07, 6.45) is -0.837. The van der Waals surface area contributed by atoms with Gasteiger partial charge in [0.1, 0.15) is 12.4 Å². The molecular weight excluding hydrogens is 329 g/mol. The lowest BCUT2D eigenvalue weighted by Crippen LogP contribution is -2.40. The lowest BCUT2D eigenvalue weighted by molar-refractivity contribution is -0.125. The molecule has 0 bridgehead atoms. The standard InChI is InChI=1S/C17H12FN3O4/c18-11-7-5-10(6-8-11)16-20-21-17(25-16)19-15(22)14-9-23-12-3-1-2-4-13(12)24-14/h1-8,14H,9H2,(H,19,21,22)/t14-/m1/s1. The number of para-hydroxylation sites is 2. The van der Waals surface area contributed by atoms with Crippen LogP contribution in [0.2, 0.25) is 0 Å². The Balaban J connectivity index is 1.44. The number of halogens is 1. The molecule has 3 aromatic rings. The molecule has 8 heteroatoms. The molecule has 25 heavy (non-hydrogen) atoms. The molecule has 0 unspecified atom stereocenters. The molecule has 0 radical (unpaired) electrons. The maximum absolute atomic E-state index is 12.9. The number of anilines is 1. The predicted octanol–water partition coefficient (Wildman–Crippen LogP) is 2.65. The average Bonchev–Trinajstić information content (AvgIpc) is 3.10. The number of fused-ring (bicyclic) bond motifs is 1. The van der Waals surface area contributed by atoms with E-state index < -0.39 is 12.0 Å². The smallest absolute Gasteiger partial charge is 0.322 e. The summed E-state index contributed by atoms with van der Waals surface area (Å²) < 4.78 is 29.4. The summed E-state index contributed by atoms with van der Waals surface area (Å²) in [6.45, 7) is 0.0712. The molecule has 1 aliphatic rings. The molecule has 2 aromatic carbocycles. The van der Waals surface area contributed by atoms with E-state index in [9.17, 15) is 9.18 Å². The first-order chi connectivity index (χ1) is 12.2. The minimum absolute atomic E-state index is 0.0712. The van der Waals surface area contributed by atoms with Crippen LogP contribution in [0.4, 0.5) is 10.4 Å². The Hall–Kier alpha value is -3.42. The van der Waals surface area contributed by atoms with Crippen molar-refractivity contribution in [2.24, 2.45) is 0 Å². The van der Waals surface area contributed by atoms with Crippen LogP contribution in [-0.2, 0) is 4.79 Å². The Morgan fingerprint density at radius 3 is 2.64 bits per heavy atom. The van der Waals surface area contributed by atoms with Gasteiger partial charge in [0.25, 0.3) is 5.91 Å². The highest BCUT2D eigenvalue weighted by atomic mass is 19.1. The van der Waals surface area contributed by atoms with Crippen LogP contribution in [0.15, 0.2) is 52.9 Å². The van der Waals surface area contributed by atoms with Crippen LogP contribution in [0.3, 0.4) is 0 Å². The zero-order chi connectivity index (χ0) is 17.2. The van der Waals surface area contributed by atoms with Crippen molar-refractivity contribution in [3.8, 4) is 23.0 Å². The third-order valence-electron chi connectivity index (χ3n) is 3.55. The van der Waals surface area contributed by atoms with Crippen LogP contribution < -0.4 is 14.8 Å². The summed E-state index contributed by atoms with van der Waals surface area (Å²) in [7, 11) is 0. The number of benzene rings is 2. The fourth-order valence-corrected chi connectivity index (χ4v) is 2.32. The van der Waals surface area contributed by atoms with Gasteiger partial charge >= 0.3 is 6.01 Å². The van der Waals surface area contributed by atoms with Gasteiger partial charge in [0, 0.05) is 5.56 Å². The number of amides is 1. The molecule has 1 aromatic heterocycles. The van der Waals surface area contributed by atoms with Crippen LogP contribution in [0.5, 0.6) is 11.5 Å². The second-order valence-corrected chi connectivity index (χ2v) is 5.27. The summed E-state index contributed by atoms with van der Waals surface area (Å²) >= 11 is 0. The molecule has 126 valence electrons. The molecule has 0 fully saturated rings. The number of aromatic nitrogens is 2. The molecule has 0 spiro atoms. The van der Waals surface area contributed by atoms with Crippen molar-refractivity contribution < 1.29 is 23.1 Å². The minimum Gasteiger partial charge on any atom is -0.485 e. The van der Waals surface area contributed by atoms with Crippen molar-refractivity contribution in [2.75, 3.05) is 11.9 Å². The van der Waals surface area contributed by atoms with Gasteiger partial charge in [-0.2, -0.15) is 0 Å². The van der Waals surface area contributed by atoms with Gasteiger partial charge in [0.05, 0.1) is 0 Å². The highest BCUT2D eigenvalue weighted by molar-refractivity contribution is 5.93. The molecule has 0 aliphatic carbocycles. The Bertz CT molecular complexity index is 910. The van der Waals surface area contributed by atoms with Crippen LogP contribution >= 0.6 is 0 Å². The van der Waals surface area contributed by atoms with E-state index in [1.807, 2.05) is 6.07 Å². The molecule has 0 saturated heterocycles. The highest BCUT2D eigenvalue weighted by Crippen LogP contribution is 2.31. The number of carbonyl (C=O) groups excluding carboxylic acids is 1. The van der Waals surface area contributed by atoms with Gasteiger partial charge in [-0.25, -0.2) is 4.39 Å². The van der Waals surface area contributed by atoms with E-state index >= 15 is 0 Å². The molecular formula is C17H12FN3O4. The first kappa shape index (κ1) is 15.1. The number of nitrogens with zero attached hydrogens (tertiary/aromatic N) is 2. The summed E-state index contributed by atoms with van der Waals surface area (Å²) in [5, 5.41) is 10.1. The fraction of sp³-hybridized carbons (Fsp3) is 0.118. The van der Waals surface area contributed by atoms with Crippen LogP contribution in [0, 0.1) is 5.82 Å². The normalized spacial score (nSPS) is 15.6. The van der Waals surface area contributed by atoms with E-state index in [0.717, 1.165) is 0 Å². The van der Waals surface area contributed by atoms with Crippen molar-refractivity contribution in [1.82, 2.24) is 10.2 Å². The summed E-state index contributed by atoms with van der Waals surface area (Å²) in [5.74, 6) is 0.408. The maximum Gasteiger partial charge on any atom is 0.322 e. The van der Waals surface area contributed by atoms with Crippen molar-refractivity contribution in [3.63, 3.8) is 0 Å². The summed E-state index contributed by atoms with van der Waals surface area (Å²) in [5.41, 5.74) is 0.542. The summed E-state index contributed by atoms with van der Waals surface area (Å²) in [6, 6.07) is 12.6. The van der Waals surface area contributed by atoms with Gasteiger partial charge in [-0.3, -0.25) is 10.1 Å².